The van der Waals surface area contributed by atoms with Gasteiger partial charge in [0, 0.05) is 0 Å². The second-order valence-electron chi connectivity index (χ2n) is 6.72. The van der Waals surface area contributed by atoms with E-state index in [1.807, 2.05) is 5.32 Å². The van der Waals surface area contributed by atoms with E-state index in [0.29, 0.717) is 23.5 Å². The van der Waals surface area contributed by atoms with Crippen LogP contribution in [0.5, 0.6) is 0 Å². The molecule has 16 nitrogen and oxygen atoms in total. The lowest BCUT2D eigenvalue weighted by Gasteiger charge is -2.18. The molecule has 0 aliphatic rings. The van der Waals surface area contributed by atoms with Crippen molar-refractivity contribution in [3.8, 4) is 0 Å². The summed E-state index contributed by atoms with van der Waals surface area (Å²) in [6, 6.07) is -4.65. The summed E-state index contributed by atoms with van der Waals surface area (Å²) in [5.41, 5.74) is 5.36. The summed E-state index contributed by atoms with van der Waals surface area (Å²) in [7, 11) is 0. The summed E-state index contributed by atoms with van der Waals surface area (Å²) in [4.78, 5) is 103. The maximum Gasteiger partial charge on any atom is 0.305 e. The molecule has 3 amide bonds. The summed E-state index contributed by atoms with van der Waals surface area (Å²) in [6.45, 7) is -0.708. The minimum atomic E-state index is -1.63. The van der Waals surface area contributed by atoms with Gasteiger partial charge in [-0.2, -0.15) is 0 Å². The van der Waals surface area contributed by atoms with Gasteiger partial charge >= 0.3 is 17.9 Å². The Morgan fingerprint density at radius 3 is 1.75 bits per heavy atom. The number of rotatable bonds is 17. The average Bonchev–Trinajstić information content (AvgIpc) is 2.77. The number of carbonyl (C=O) groups is 8. The summed E-state index contributed by atoms with van der Waals surface area (Å²) < 4.78 is 0. The van der Waals surface area contributed by atoms with Crippen molar-refractivity contribution in [1.82, 2.24) is 16.0 Å². The molecular weight excluding hydrogens is 528 g/mol. The van der Waals surface area contributed by atoms with Gasteiger partial charge in [0.05, 0.1) is 43.4 Å². The highest BCUT2D eigenvalue weighted by Gasteiger charge is 2.28. The first-order valence-corrected chi connectivity index (χ1v) is 11.7. The molecule has 3 atom stereocenters. The molecule has 0 saturated heterocycles. The number of hydrogen-bond donors (Lipinski definition) is 7. The molecule has 0 aromatic rings. The van der Waals surface area contributed by atoms with E-state index in [0.717, 1.165) is 0 Å². The van der Waals surface area contributed by atoms with Crippen molar-refractivity contribution < 1.29 is 58.5 Å². The van der Waals surface area contributed by atoms with Gasteiger partial charge < -0.3 is 37.0 Å². The second kappa shape index (κ2) is 17.0. The Hall–Kier alpha value is -3.51. The van der Waals surface area contributed by atoms with Crippen molar-refractivity contribution in [2.24, 2.45) is 5.73 Å². The Labute approximate surface area is 211 Å². The van der Waals surface area contributed by atoms with Crippen LogP contribution in [0.3, 0.4) is 0 Å². The van der Waals surface area contributed by atoms with Gasteiger partial charge in [0.15, 0.2) is 0 Å². The Morgan fingerprint density at radius 2 is 1.25 bits per heavy atom. The van der Waals surface area contributed by atoms with Crippen molar-refractivity contribution >= 4 is 75.7 Å². The van der Waals surface area contributed by atoms with Crippen LogP contribution < -0.4 is 21.7 Å². The summed E-state index contributed by atoms with van der Waals surface area (Å²) in [5, 5.41) is 30.8. The molecule has 1 radical (unpaired) electrons. The van der Waals surface area contributed by atoms with Crippen LogP contribution in [0.4, 0.5) is 0 Å². The van der Waals surface area contributed by atoms with Crippen LogP contribution in [-0.4, -0.2) is 104 Å². The maximum atomic E-state index is 12.3. The number of nitrogens with one attached hydrogen (secondary N) is 3. The van der Waals surface area contributed by atoms with Crippen LogP contribution in [0.15, 0.2) is 0 Å². The van der Waals surface area contributed by atoms with Gasteiger partial charge in [-0.05, 0) is 0 Å². The van der Waals surface area contributed by atoms with Gasteiger partial charge in [-0.25, -0.2) is 0 Å². The minimum absolute atomic E-state index is 0.301. The molecule has 0 saturated carbocycles. The van der Waals surface area contributed by atoms with Crippen LogP contribution in [0.2, 0.25) is 0 Å². The van der Waals surface area contributed by atoms with Crippen molar-refractivity contribution in [2.45, 2.75) is 37.4 Å². The van der Waals surface area contributed by atoms with Crippen LogP contribution in [0, 0.1) is 0 Å². The zero-order valence-corrected chi connectivity index (χ0v) is 20.0. The lowest BCUT2D eigenvalue weighted by atomic mass is 10.1. The number of aliphatic carboxylic acids is 3. The summed E-state index contributed by atoms with van der Waals surface area (Å²) in [6.07, 6.45) is -1.000. The van der Waals surface area contributed by atoms with E-state index < -0.39 is 95.5 Å². The molecule has 0 aromatic heterocycles. The molecule has 0 aliphatic carbocycles. The van der Waals surface area contributed by atoms with E-state index in [-0.39, 0.29) is 5.75 Å². The number of hydrogen-bond acceptors (Lipinski definition) is 12. The Morgan fingerprint density at radius 1 is 0.750 bits per heavy atom. The molecule has 199 valence electrons. The van der Waals surface area contributed by atoms with Gasteiger partial charge in [0.2, 0.25) is 34.2 Å². The number of thioether (sulfide) groups is 2. The highest BCUT2D eigenvalue weighted by Crippen LogP contribution is 2.10. The lowest BCUT2D eigenvalue weighted by Crippen LogP contribution is -2.49. The van der Waals surface area contributed by atoms with Gasteiger partial charge in [-0.15, -0.1) is 0 Å². The first kappa shape index (κ1) is 32.5. The molecule has 0 bridgehead atoms. The maximum absolute atomic E-state index is 12.3. The van der Waals surface area contributed by atoms with Crippen molar-refractivity contribution in [3.63, 3.8) is 0 Å². The Balaban J connectivity index is 4.81. The predicted molar refractivity (Wildman–Crippen MR) is 122 cm³/mol. The number of carboxylic acid groups (broad SMARTS) is 3. The molecule has 0 spiro atoms. The largest absolute Gasteiger partial charge is 0.481 e. The van der Waals surface area contributed by atoms with E-state index in [4.69, 9.17) is 21.1 Å². The number of carboxylic acids is 3. The van der Waals surface area contributed by atoms with Crippen molar-refractivity contribution in [3.05, 3.63) is 0 Å². The van der Waals surface area contributed by atoms with E-state index in [1.54, 1.807) is 0 Å². The van der Waals surface area contributed by atoms with E-state index in [9.17, 15) is 43.2 Å². The third kappa shape index (κ3) is 14.7. The zero-order valence-electron chi connectivity index (χ0n) is 18.4. The van der Waals surface area contributed by atoms with Gasteiger partial charge in [-0.1, -0.05) is 23.5 Å². The van der Waals surface area contributed by atoms with E-state index in [1.165, 1.54) is 6.29 Å². The molecule has 0 heterocycles. The molecule has 8 N–H and O–H groups in total. The van der Waals surface area contributed by atoms with Crippen LogP contribution in [-0.2, 0) is 43.2 Å². The highest BCUT2D eigenvalue weighted by molar-refractivity contribution is 8.14. The van der Waals surface area contributed by atoms with Gasteiger partial charge in [0.25, 0.3) is 0 Å². The summed E-state index contributed by atoms with van der Waals surface area (Å²) in [5.74, 6) is -8.18. The standard InChI is InChI=1S/C18H23N4O12S2/c19-8(3-13(26)27)16(32)22-10(5-15(30)31)18(34)36-7-12(25)20-6-11(24)21-9(4-14(28)29)17(33)35-2-1-23/h8-10H,2-7,19H2,(H,20,25)(H,21,24)(H,22,32)(H,26,27)(H,28,29)(H,30,31)/t8-,9-,10-/m0/s1. The fourth-order valence-corrected chi connectivity index (χ4v) is 3.47. The first-order valence-electron chi connectivity index (χ1n) is 9.72. The number of nitrogens with two attached hydrogens (primary N) is 1. The monoisotopic (exact) mass is 551 g/mol. The van der Waals surface area contributed by atoms with Crippen molar-refractivity contribution in [1.29, 1.82) is 0 Å². The molecule has 0 aliphatic heterocycles. The predicted octanol–water partition coefficient (Wildman–Crippen LogP) is -3.55. The fourth-order valence-electron chi connectivity index (χ4n) is 2.21. The second-order valence-corrected chi connectivity index (χ2v) is 8.68. The average molecular weight is 552 g/mol. The molecule has 18 heteroatoms. The van der Waals surface area contributed by atoms with E-state index in [2.05, 4.69) is 10.6 Å². The van der Waals surface area contributed by atoms with Crippen LogP contribution in [0.1, 0.15) is 19.3 Å². The smallest absolute Gasteiger partial charge is 0.305 e. The van der Waals surface area contributed by atoms with E-state index >= 15 is 0 Å². The fraction of sp³-hybridized carbons (Fsp3) is 0.500. The minimum Gasteiger partial charge on any atom is -0.481 e. The van der Waals surface area contributed by atoms with Crippen LogP contribution in [0.25, 0.3) is 0 Å². The SMILES string of the molecule is N[C@@H](CC(=O)O)C(=O)N[C@@H](CC(=O)O)C(=O)SCC(=O)NCC(=O)N[C@@H](CC(=O)O)C(=O)SC[C]=O. The van der Waals surface area contributed by atoms with Crippen LogP contribution >= 0.6 is 23.5 Å². The normalized spacial score (nSPS) is 12.8. The first-order chi connectivity index (χ1) is 16.8. The molecule has 0 rings (SSSR count). The summed E-state index contributed by atoms with van der Waals surface area (Å²) >= 11 is 0.743. The molecule has 0 fully saturated rings. The number of amides is 3. The zero-order chi connectivity index (χ0) is 27.8. The third-order valence-electron chi connectivity index (χ3n) is 3.77. The lowest BCUT2D eigenvalue weighted by molar-refractivity contribution is -0.141. The number of carbonyl (C=O) groups excluding carboxylic acids is 6. The quantitative estimate of drug-likeness (QED) is 0.0921. The molecular formula is C18H23N4O12S2. The molecule has 36 heavy (non-hydrogen) atoms. The van der Waals surface area contributed by atoms with Crippen molar-refractivity contribution in [2.75, 3.05) is 18.1 Å². The Kier molecular flexibility index (Phi) is 15.3. The Bertz CT molecular complexity index is 897. The topological polar surface area (TPSA) is 276 Å². The highest BCUT2D eigenvalue weighted by atomic mass is 32.2. The third-order valence-corrected chi connectivity index (χ3v) is 5.58. The van der Waals surface area contributed by atoms with Gasteiger partial charge in [-0.3, -0.25) is 43.2 Å². The molecule has 0 aromatic carbocycles. The molecule has 0 unspecified atom stereocenters. The van der Waals surface area contributed by atoms with Gasteiger partial charge in [0.1, 0.15) is 12.1 Å².